The molecule has 0 atom stereocenters. The second kappa shape index (κ2) is 12.2. The Hall–Kier alpha value is -4.73. The van der Waals surface area contributed by atoms with Crippen molar-refractivity contribution in [2.24, 2.45) is 0 Å². The first kappa shape index (κ1) is 27.8. The summed E-state index contributed by atoms with van der Waals surface area (Å²) in [5.41, 5.74) is 2.69. The normalized spacial score (nSPS) is 13.5. The van der Waals surface area contributed by atoms with E-state index in [1.165, 1.54) is 37.0 Å². The monoisotopic (exact) mass is 559 g/mol. The summed E-state index contributed by atoms with van der Waals surface area (Å²) < 4.78 is 39.2. The number of piperidine rings is 1. The van der Waals surface area contributed by atoms with Crippen LogP contribution in [0.1, 0.15) is 51.2 Å². The van der Waals surface area contributed by atoms with E-state index in [1.54, 1.807) is 24.3 Å². The number of anilines is 2. The number of hydrogen-bond acceptors (Lipinski definition) is 5. The Balaban J connectivity index is 1.41. The molecule has 0 saturated carbocycles. The third kappa shape index (κ3) is 6.89. The van der Waals surface area contributed by atoms with Crippen LogP contribution in [0.15, 0.2) is 85.2 Å². The Bertz CT molecular complexity index is 1540. The molecule has 0 bridgehead atoms. The van der Waals surface area contributed by atoms with Gasteiger partial charge in [-0.05, 0) is 79.4 Å². The molecule has 1 saturated heterocycles. The van der Waals surface area contributed by atoms with Gasteiger partial charge < -0.3 is 15.5 Å². The summed E-state index contributed by atoms with van der Waals surface area (Å²) in [6.45, 7) is 1.77. The summed E-state index contributed by atoms with van der Waals surface area (Å²) in [5, 5.41) is 5.60. The molecule has 2 aromatic heterocycles. The van der Waals surface area contributed by atoms with Crippen molar-refractivity contribution in [3.8, 4) is 11.3 Å². The molecule has 2 aromatic carbocycles. The van der Waals surface area contributed by atoms with E-state index >= 15 is 0 Å². The van der Waals surface area contributed by atoms with Gasteiger partial charge in [-0.3, -0.25) is 19.6 Å². The summed E-state index contributed by atoms with van der Waals surface area (Å²) in [5.74, 6) is -0.843. The van der Waals surface area contributed by atoms with E-state index in [2.05, 4.69) is 25.5 Å². The second-order valence-corrected chi connectivity index (χ2v) is 9.76. The molecule has 10 heteroatoms. The molecule has 210 valence electrons. The molecule has 0 aliphatic carbocycles. The van der Waals surface area contributed by atoms with E-state index in [0.29, 0.717) is 22.5 Å². The Morgan fingerprint density at radius 2 is 1.66 bits per heavy atom. The Morgan fingerprint density at radius 1 is 0.829 bits per heavy atom. The van der Waals surface area contributed by atoms with Crippen LogP contribution >= 0.6 is 0 Å². The molecule has 4 aromatic rings. The maximum absolute atomic E-state index is 13.1. The molecule has 0 radical (unpaired) electrons. The second-order valence-electron chi connectivity index (χ2n) is 9.76. The fraction of sp³-hybridized carbons (Fsp3) is 0.226. The molecular weight excluding hydrogens is 531 g/mol. The van der Waals surface area contributed by atoms with Crippen molar-refractivity contribution in [3.63, 3.8) is 0 Å². The molecule has 3 heterocycles. The zero-order valence-corrected chi connectivity index (χ0v) is 22.1. The number of halogens is 3. The van der Waals surface area contributed by atoms with Crippen molar-refractivity contribution in [2.45, 2.75) is 32.0 Å². The fourth-order valence-electron chi connectivity index (χ4n) is 4.75. The van der Waals surface area contributed by atoms with Gasteiger partial charge in [0.15, 0.2) is 0 Å². The number of pyridine rings is 2. The van der Waals surface area contributed by atoms with Crippen molar-refractivity contribution in [1.29, 1.82) is 0 Å². The standard InChI is InChI=1S/C31H28F3N5O2/c32-31(33,34)23-8-6-7-21(17-23)20-37-29(40)22-12-14-36-28(18-22)25-19-24(39-15-4-1-5-16-39)10-11-26(25)38-30(41)27-9-2-3-13-35-27/h2-3,6-14,17-19H,1,4-5,15-16,20H2,(H,37,40)(H,38,41). The lowest BCUT2D eigenvalue weighted by atomic mass is 10.0. The molecule has 0 spiro atoms. The molecule has 1 aliphatic rings. The van der Waals surface area contributed by atoms with Crippen molar-refractivity contribution in [3.05, 3.63) is 108 Å². The first-order valence-electron chi connectivity index (χ1n) is 13.3. The number of rotatable bonds is 7. The van der Waals surface area contributed by atoms with Gasteiger partial charge >= 0.3 is 6.18 Å². The van der Waals surface area contributed by atoms with Crippen LogP contribution in [0.5, 0.6) is 0 Å². The molecule has 0 unspecified atom stereocenters. The van der Waals surface area contributed by atoms with Gasteiger partial charge in [0, 0.05) is 48.8 Å². The molecule has 1 fully saturated rings. The van der Waals surface area contributed by atoms with Gasteiger partial charge in [0.05, 0.1) is 16.9 Å². The number of nitrogens with zero attached hydrogens (tertiary/aromatic N) is 3. The highest BCUT2D eigenvalue weighted by atomic mass is 19.4. The van der Waals surface area contributed by atoms with Crippen LogP contribution < -0.4 is 15.5 Å². The van der Waals surface area contributed by atoms with Gasteiger partial charge in [0.1, 0.15) is 5.69 Å². The summed E-state index contributed by atoms with van der Waals surface area (Å²) in [6.07, 6.45) is 1.93. The average molecular weight is 560 g/mol. The maximum Gasteiger partial charge on any atom is 0.416 e. The van der Waals surface area contributed by atoms with Gasteiger partial charge in [-0.1, -0.05) is 18.2 Å². The molecule has 1 aliphatic heterocycles. The van der Waals surface area contributed by atoms with Crippen LogP contribution in [-0.2, 0) is 12.7 Å². The average Bonchev–Trinajstić information content (AvgIpc) is 3.00. The molecule has 41 heavy (non-hydrogen) atoms. The fourth-order valence-corrected chi connectivity index (χ4v) is 4.75. The lowest BCUT2D eigenvalue weighted by Crippen LogP contribution is -2.29. The summed E-state index contributed by atoms with van der Waals surface area (Å²) in [4.78, 5) is 36.8. The van der Waals surface area contributed by atoms with Crippen molar-refractivity contribution in [1.82, 2.24) is 15.3 Å². The lowest BCUT2D eigenvalue weighted by Gasteiger charge is -2.29. The van der Waals surface area contributed by atoms with E-state index in [1.807, 2.05) is 18.2 Å². The van der Waals surface area contributed by atoms with Crippen LogP contribution in [0.2, 0.25) is 0 Å². The van der Waals surface area contributed by atoms with Crippen molar-refractivity contribution < 1.29 is 22.8 Å². The Labute approximate surface area is 235 Å². The third-order valence-corrected chi connectivity index (χ3v) is 6.88. The van der Waals surface area contributed by atoms with Gasteiger partial charge in [-0.25, -0.2) is 0 Å². The van der Waals surface area contributed by atoms with Crippen LogP contribution in [-0.4, -0.2) is 34.9 Å². The minimum atomic E-state index is -4.47. The number of alkyl halides is 3. The number of carbonyl (C=O) groups is 2. The molecule has 2 amide bonds. The van der Waals surface area contributed by atoms with Crippen molar-refractivity contribution >= 4 is 23.2 Å². The highest BCUT2D eigenvalue weighted by Crippen LogP contribution is 2.33. The van der Waals surface area contributed by atoms with Gasteiger partial charge in [-0.2, -0.15) is 13.2 Å². The highest BCUT2D eigenvalue weighted by molar-refractivity contribution is 6.05. The number of hydrogen-bond donors (Lipinski definition) is 2. The van der Waals surface area contributed by atoms with E-state index in [-0.39, 0.29) is 23.7 Å². The number of benzene rings is 2. The lowest BCUT2D eigenvalue weighted by molar-refractivity contribution is -0.137. The Kier molecular flexibility index (Phi) is 8.28. The topological polar surface area (TPSA) is 87.2 Å². The largest absolute Gasteiger partial charge is 0.416 e. The predicted octanol–water partition coefficient (Wildman–Crippen LogP) is 6.34. The highest BCUT2D eigenvalue weighted by Gasteiger charge is 2.30. The van der Waals surface area contributed by atoms with Crippen LogP contribution in [0.25, 0.3) is 11.3 Å². The first-order chi connectivity index (χ1) is 19.8. The van der Waals surface area contributed by atoms with Gasteiger partial charge in [0.2, 0.25) is 0 Å². The Morgan fingerprint density at radius 3 is 2.41 bits per heavy atom. The van der Waals surface area contributed by atoms with E-state index in [0.717, 1.165) is 43.8 Å². The number of nitrogens with one attached hydrogen (secondary N) is 2. The summed E-state index contributed by atoms with van der Waals surface area (Å²) >= 11 is 0. The van der Waals surface area contributed by atoms with E-state index < -0.39 is 17.6 Å². The van der Waals surface area contributed by atoms with E-state index in [9.17, 15) is 22.8 Å². The van der Waals surface area contributed by atoms with Crippen LogP contribution in [0.4, 0.5) is 24.5 Å². The number of amides is 2. The zero-order chi connectivity index (χ0) is 28.8. The van der Waals surface area contributed by atoms with Gasteiger partial charge in [0.25, 0.3) is 11.8 Å². The first-order valence-corrected chi connectivity index (χ1v) is 13.3. The van der Waals surface area contributed by atoms with Gasteiger partial charge in [-0.15, -0.1) is 0 Å². The van der Waals surface area contributed by atoms with E-state index in [4.69, 9.17) is 0 Å². The third-order valence-electron chi connectivity index (χ3n) is 6.88. The minimum Gasteiger partial charge on any atom is -0.372 e. The number of carbonyl (C=O) groups excluding carboxylic acids is 2. The predicted molar refractivity (Wildman–Crippen MR) is 151 cm³/mol. The zero-order valence-electron chi connectivity index (χ0n) is 22.1. The van der Waals surface area contributed by atoms with Crippen LogP contribution in [0, 0.1) is 0 Å². The minimum absolute atomic E-state index is 0.0732. The molecule has 2 N–H and O–H groups in total. The SMILES string of the molecule is O=C(NCc1cccc(C(F)(F)F)c1)c1ccnc(-c2cc(N3CCCCC3)ccc2NC(=O)c2ccccn2)c1. The summed E-state index contributed by atoms with van der Waals surface area (Å²) in [6, 6.07) is 18.8. The smallest absolute Gasteiger partial charge is 0.372 e. The quantitative estimate of drug-likeness (QED) is 0.276. The summed E-state index contributed by atoms with van der Waals surface area (Å²) in [7, 11) is 0. The molecule has 5 rings (SSSR count). The number of aromatic nitrogens is 2. The molecule has 7 nitrogen and oxygen atoms in total. The molecular formula is C31H28F3N5O2. The van der Waals surface area contributed by atoms with Crippen molar-refractivity contribution in [2.75, 3.05) is 23.3 Å². The van der Waals surface area contributed by atoms with Crippen LogP contribution in [0.3, 0.4) is 0 Å². The maximum atomic E-state index is 13.1.